The highest BCUT2D eigenvalue weighted by Gasteiger charge is 2.23. The summed E-state index contributed by atoms with van der Waals surface area (Å²) in [7, 11) is 0. The molecular weight excluding hydrogens is 284 g/mol. The van der Waals surface area contributed by atoms with Crippen LogP contribution in [0.4, 0.5) is 0 Å². The third kappa shape index (κ3) is 7.30. The molecule has 1 fully saturated rings. The summed E-state index contributed by atoms with van der Waals surface area (Å²) < 4.78 is 0. The van der Waals surface area contributed by atoms with Crippen molar-refractivity contribution in [3.05, 3.63) is 0 Å². The summed E-state index contributed by atoms with van der Waals surface area (Å²) in [4.78, 5) is 34.2. The highest BCUT2D eigenvalue weighted by molar-refractivity contribution is 5.89. The molecule has 0 aromatic carbocycles. The van der Waals surface area contributed by atoms with Crippen LogP contribution in [0.3, 0.4) is 0 Å². The van der Waals surface area contributed by atoms with Crippen molar-refractivity contribution in [3.63, 3.8) is 0 Å². The van der Waals surface area contributed by atoms with Gasteiger partial charge in [-0.1, -0.05) is 13.8 Å². The Kier molecular flexibility index (Phi) is 8.17. The molecule has 1 atom stereocenters. The minimum absolute atomic E-state index is 0. The zero-order chi connectivity index (χ0) is 14.4. The SMILES string of the molecule is CC(C)[C@H](N)C(=O)NCC(=O)NCC(=O)NC1CC1.Cl. The fourth-order valence-electron chi connectivity index (χ4n) is 1.34. The number of carbonyl (C=O) groups is 3. The molecule has 0 aliphatic heterocycles. The van der Waals surface area contributed by atoms with E-state index < -0.39 is 11.9 Å². The van der Waals surface area contributed by atoms with Gasteiger partial charge in [-0.25, -0.2) is 0 Å². The molecule has 0 aromatic rings. The van der Waals surface area contributed by atoms with Crippen LogP contribution in [0.15, 0.2) is 0 Å². The van der Waals surface area contributed by atoms with Crippen molar-refractivity contribution in [1.29, 1.82) is 0 Å². The van der Waals surface area contributed by atoms with E-state index in [0.29, 0.717) is 0 Å². The molecule has 1 saturated carbocycles. The summed E-state index contributed by atoms with van der Waals surface area (Å²) in [6, 6.07) is -0.362. The Bertz CT molecular complexity index is 359. The fraction of sp³-hybridized carbons (Fsp3) is 0.750. The third-order valence-corrected chi connectivity index (χ3v) is 2.83. The molecule has 7 nitrogen and oxygen atoms in total. The Balaban J connectivity index is 0.00000361. The summed E-state index contributed by atoms with van der Waals surface area (Å²) in [6.45, 7) is 3.41. The topological polar surface area (TPSA) is 113 Å². The molecule has 3 amide bonds. The van der Waals surface area contributed by atoms with Gasteiger partial charge in [0.1, 0.15) is 0 Å². The zero-order valence-electron chi connectivity index (χ0n) is 11.8. The summed E-state index contributed by atoms with van der Waals surface area (Å²) in [6.07, 6.45) is 2.01. The Morgan fingerprint density at radius 2 is 1.65 bits per heavy atom. The summed E-state index contributed by atoms with van der Waals surface area (Å²) in [5, 5.41) is 7.61. The van der Waals surface area contributed by atoms with Gasteiger partial charge in [0.25, 0.3) is 0 Å². The number of amides is 3. The van der Waals surface area contributed by atoms with Crippen molar-refractivity contribution in [1.82, 2.24) is 16.0 Å². The number of nitrogens with two attached hydrogens (primary N) is 1. The lowest BCUT2D eigenvalue weighted by Gasteiger charge is -2.15. The minimum Gasteiger partial charge on any atom is -0.352 e. The van der Waals surface area contributed by atoms with Crippen LogP contribution in [0.5, 0.6) is 0 Å². The first-order valence-corrected chi connectivity index (χ1v) is 6.49. The van der Waals surface area contributed by atoms with Crippen LogP contribution < -0.4 is 21.7 Å². The number of halogens is 1. The van der Waals surface area contributed by atoms with Crippen LogP contribution >= 0.6 is 12.4 Å². The van der Waals surface area contributed by atoms with E-state index >= 15 is 0 Å². The predicted molar refractivity (Wildman–Crippen MR) is 77.2 cm³/mol. The molecule has 0 radical (unpaired) electrons. The van der Waals surface area contributed by atoms with E-state index in [1.165, 1.54) is 0 Å². The molecule has 0 bridgehead atoms. The molecule has 116 valence electrons. The van der Waals surface area contributed by atoms with Crippen LogP contribution in [0, 0.1) is 5.92 Å². The molecule has 1 rings (SSSR count). The minimum atomic E-state index is -0.633. The van der Waals surface area contributed by atoms with Crippen molar-refractivity contribution in [3.8, 4) is 0 Å². The van der Waals surface area contributed by atoms with Crippen LogP contribution in [0.25, 0.3) is 0 Å². The maximum absolute atomic E-state index is 11.5. The second-order valence-corrected chi connectivity index (χ2v) is 5.11. The molecule has 8 heteroatoms. The van der Waals surface area contributed by atoms with Crippen LogP contribution in [0.2, 0.25) is 0 Å². The molecule has 1 aliphatic carbocycles. The number of carbonyl (C=O) groups excluding carboxylic acids is 3. The molecular formula is C12H23ClN4O3. The maximum Gasteiger partial charge on any atom is 0.239 e. The Labute approximate surface area is 124 Å². The number of nitrogens with one attached hydrogen (secondary N) is 3. The molecule has 0 saturated heterocycles. The second kappa shape index (κ2) is 8.76. The van der Waals surface area contributed by atoms with Crippen molar-refractivity contribution >= 4 is 30.1 Å². The van der Waals surface area contributed by atoms with Gasteiger partial charge in [-0.2, -0.15) is 0 Å². The van der Waals surface area contributed by atoms with E-state index in [2.05, 4.69) is 16.0 Å². The van der Waals surface area contributed by atoms with Gasteiger partial charge in [-0.15, -0.1) is 12.4 Å². The number of hydrogen-bond acceptors (Lipinski definition) is 4. The fourth-order valence-corrected chi connectivity index (χ4v) is 1.34. The lowest BCUT2D eigenvalue weighted by Crippen LogP contribution is -2.48. The smallest absolute Gasteiger partial charge is 0.239 e. The maximum atomic E-state index is 11.5. The number of hydrogen-bond donors (Lipinski definition) is 4. The number of rotatable bonds is 7. The van der Waals surface area contributed by atoms with Crippen molar-refractivity contribution in [2.45, 2.75) is 38.8 Å². The molecule has 5 N–H and O–H groups in total. The first kappa shape index (κ1) is 18.7. The van der Waals surface area contributed by atoms with Gasteiger partial charge in [0.15, 0.2) is 0 Å². The van der Waals surface area contributed by atoms with Gasteiger partial charge in [0.05, 0.1) is 19.1 Å². The monoisotopic (exact) mass is 306 g/mol. The van der Waals surface area contributed by atoms with E-state index in [4.69, 9.17) is 5.73 Å². The first-order chi connectivity index (χ1) is 8.90. The van der Waals surface area contributed by atoms with Crippen molar-refractivity contribution < 1.29 is 14.4 Å². The molecule has 1 aliphatic rings. The largest absolute Gasteiger partial charge is 0.352 e. The Morgan fingerprint density at radius 3 is 2.15 bits per heavy atom. The molecule has 20 heavy (non-hydrogen) atoms. The normalized spacial score (nSPS) is 15.0. The van der Waals surface area contributed by atoms with Gasteiger partial charge >= 0.3 is 0 Å². The average Bonchev–Trinajstić information content (AvgIpc) is 3.16. The van der Waals surface area contributed by atoms with Gasteiger partial charge in [-0.3, -0.25) is 14.4 Å². The predicted octanol–water partition coefficient (Wildman–Crippen LogP) is -1.10. The summed E-state index contributed by atoms with van der Waals surface area (Å²) >= 11 is 0. The van der Waals surface area contributed by atoms with Gasteiger partial charge in [-0.05, 0) is 18.8 Å². The van der Waals surface area contributed by atoms with Gasteiger partial charge < -0.3 is 21.7 Å². The van der Waals surface area contributed by atoms with E-state index in [9.17, 15) is 14.4 Å². The van der Waals surface area contributed by atoms with Crippen LogP contribution in [-0.2, 0) is 14.4 Å². The van der Waals surface area contributed by atoms with Gasteiger partial charge in [0.2, 0.25) is 17.7 Å². The standard InChI is InChI=1S/C12H22N4O3.ClH/c1-7(2)11(13)12(19)15-5-9(17)14-6-10(18)16-8-3-4-8;/h7-8,11H,3-6,13H2,1-2H3,(H,14,17)(H,15,19)(H,16,18);1H/t11-;/m0./s1. The summed E-state index contributed by atoms with van der Waals surface area (Å²) in [5.74, 6) is -0.976. The Hall–Kier alpha value is -1.34. The average molecular weight is 307 g/mol. The quantitative estimate of drug-likeness (QED) is 0.478. The zero-order valence-corrected chi connectivity index (χ0v) is 12.6. The lowest BCUT2D eigenvalue weighted by atomic mass is 10.1. The molecule has 0 aromatic heterocycles. The molecule has 0 heterocycles. The highest BCUT2D eigenvalue weighted by Crippen LogP contribution is 2.18. The van der Waals surface area contributed by atoms with Crippen molar-refractivity contribution in [2.75, 3.05) is 13.1 Å². The van der Waals surface area contributed by atoms with E-state index in [0.717, 1.165) is 12.8 Å². The van der Waals surface area contributed by atoms with E-state index in [1.54, 1.807) is 0 Å². The van der Waals surface area contributed by atoms with Gasteiger partial charge in [0, 0.05) is 6.04 Å². The van der Waals surface area contributed by atoms with E-state index in [1.807, 2.05) is 13.8 Å². The van der Waals surface area contributed by atoms with Crippen molar-refractivity contribution in [2.24, 2.45) is 11.7 Å². The molecule has 0 unspecified atom stereocenters. The van der Waals surface area contributed by atoms with Crippen LogP contribution in [0.1, 0.15) is 26.7 Å². The first-order valence-electron chi connectivity index (χ1n) is 6.49. The van der Waals surface area contributed by atoms with Crippen LogP contribution in [-0.4, -0.2) is 42.9 Å². The highest BCUT2D eigenvalue weighted by atomic mass is 35.5. The van der Waals surface area contributed by atoms with E-state index in [-0.39, 0.29) is 49.3 Å². The lowest BCUT2D eigenvalue weighted by molar-refractivity contribution is -0.128. The summed E-state index contributed by atoms with van der Waals surface area (Å²) in [5.41, 5.74) is 5.62. The Morgan fingerprint density at radius 1 is 1.10 bits per heavy atom. The third-order valence-electron chi connectivity index (χ3n) is 2.83. The second-order valence-electron chi connectivity index (χ2n) is 5.11. The molecule has 0 spiro atoms.